The second-order valence-corrected chi connectivity index (χ2v) is 6.47. The van der Waals surface area contributed by atoms with Crippen LogP contribution >= 0.6 is 0 Å². The first-order valence-electron chi connectivity index (χ1n) is 8.07. The van der Waals surface area contributed by atoms with Gasteiger partial charge < -0.3 is 20.9 Å². The van der Waals surface area contributed by atoms with Gasteiger partial charge >= 0.3 is 6.03 Å². The number of carbonyl (C=O) groups excluding carboxylic acids is 2. The van der Waals surface area contributed by atoms with Crippen LogP contribution in [0.1, 0.15) is 39.5 Å². The van der Waals surface area contributed by atoms with E-state index in [2.05, 4.69) is 12.2 Å². The zero-order valence-corrected chi connectivity index (χ0v) is 13.2. The smallest absolute Gasteiger partial charge is 0.317 e. The molecule has 1 aliphatic heterocycles. The van der Waals surface area contributed by atoms with E-state index >= 15 is 0 Å². The van der Waals surface area contributed by atoms with Crippen molar-refractivity contribution >= 4 is 11.9 Å². The molecule has 6 heteroatoms. The average molecular weight is 296 g/mol. The number of nitrogens with two attached hydrogens (primary N) is 1. The van der Waals surface area contributed by atoms with Crippen molar-refractivity contribution in [3.8, 4) is 0 Å². The second kappa shape index (κ2) is 6.64. The molecule has 1 saturated heterocycles. The molecule has 1 saturated carbocycles. The molecule has 0 aromatic heterocycles. The van der Waals surface area contributed by atoms with Crippen LogP contribution < -0.4 is 11.1 Å². The van der Waals surface area contributed by atoms with Crippen LogP contribution in [0.3, 0.4) is 0 Å². The van der Waals surface area contributed by atoms with Gasteiger partial charge in [-0.1, -0.05) is 19.8 Å². The van der Waals surface area contributed by atoms with Crippen LogP contribution in [0.5, 0.6) is 0 Å². The van der Waals surface area contributed by atoms with Gasteiger partial charge in [0.2, 0.25) is 5.91 Å². The Bertz CT molecular complexity index is 393. The fourth-order valence-electron chi connectivity index (χ4n) is 3.48. The van der Waals surface area contributed by atoms with Gasteiger partial charge in [0, 0.05) is 32.7 Å². The van der Waals surface area contributed by atoms with Gasteiger partial charge in [-0.2, -0.15) is 0 Å². The molecule has 2 rings (SSSR count). The Hall–Kier alpha value is -1.30. The van der Waals surface area contributed by atoms with Crippen LogP contribution in [-0.4, -0.2) is 60.0 Å². The molecule has 0 radical (unpaired) electrons. The minimum absolute atomic E-state index is 0.0432. The Kier molecular flexibility index (Phi) is 5.08. The predicted molar refractivity (Wildman–Crippen MR) is 81.8 cm³/mol. The van der Waals surface area contributed by atoms with Crippen molar-refractivity contribution in [1.29, 1.82) is 0 Å². The highest BCUT2D eigenvalue weighted by Gasteiger charge is 2.41. The normalized spacial score (nSPS) is 30.1. The zero-order chi connectivity index (χ0) is 15.5. The van der Waals surface area contributed by atoms with Crippen molar-refractivity contribution in [2.45, 2.75) is 45.1 Å². The molecule has 120 valence electrons. The lowest BCUT2D eigenvalue weighted by molar-refractivity contribution is -0.140. The minimum atomic E-state index is -0.689. The van der Waals surface area contributed by atoms with Gasteiger partial charge in [0.05, 0.1) is 5.54 Å². The van der Waals surface area contributed by atoms with Gasteiger partial charge in [-0.15, -0.1) is 0 Å². The summed E-state index contributed by atoms with van der Waals surface area (Å²) in [5, 5.41) is 2.79. The number of urea groups is 1. The van der Waals surface area contributed by atoms with Gasteiger partial charge in [-0.05, 0) is 25.7 Å². The third kappa shape index (κ3) is 3.67. The van der Waals surface area contributed by atoms with Crippen molar-refractivity contribution in [2.24, 2.45) is 11.7 Å². The summed E-state index contributed by atoms with van der Waals surface area (Å²) in [7, 11) is 0. The van der Waals surface area contributed by atoms with Gasteiger partial charge in [0.15, 0.2) is 0 Å². The number of rotatable bonds is 2. The third-order valence-electron chi connectivity index (χ3n) is 4.64. The van der Waals surface area contributed by atoms with E-state index < -0.39 is 5.54 Å². The molecule has 1 aliphatic carbocycles. The van der Waals surface area contributed by atoms with Gasteiger partial charge in [-0.25, -0.2) is 4.79 Å². The van der Waals surface area contributed by atoms with Crippen LogP contribution in [0.25, 0.3) is 0 Å². The predicted octanol–water partition coefficient (Wildman–Crippen LogP) is 0.768. The highest BCUT2D eigenvalue weighted by atomic mass is 16.2. The number of nitrogens with zero attached hydrogens (tertiary/aromatic N) is 2. The summed E-state index contributed by atoms with van der Waals surface area (Å²) in [6, 6.07) is -0.0432. The van der Waals surface area contributed by atoms with Gasteiger partial charge in [0.25, 0.3) is 0 Å². The van der Waals surface area contributed by atoms with Crippen LogP contribution in [-0.2, 0) is 4.79 Å². The number of amides is 3. The van der Waals surface area contributed by atoms with E-state index in [0.717, 1.165) is 25.7 Å². The van der Waals surface area contributed by atoms with Crippen LogP contribution in [0, 0.1) is 5.92 Å². The molecule has 0 aromatic carbocycles. The Morgan fingerprint density at radius 3 is 2.43 bits per heavy atom. The van der Waals surface area contributed by atoms with Crippen LogP contribution in [0.4, 0.5) is 4.79 Å². The Balaban J connectivity index is 1.89. The first-order chi connectivity index (χ1) is 9.96. The van der Waals surface area contributed by atoms with E-state index in [-0.39, 0.29) is 11.9 Å². The molecule has 0 bridgehead atoms. The SMILES string of the molecule is CCNC(=O)N1CCN(C(=O)C2(N)CCCC(C)C2)CC1. The van der Waals surface area contributed by atoms with E-state index in [1.54, 1.807) is 4.90 Å². The molecule has 3 N–H and O–H groups in total. The van der Waals surface area contributed by atoms with Crippen molar-refractivity contribution < 1.29 is 9.59 Å². The largest absolute Gasteiger partial charge is 0.338 e. The average Bonchev–Trinajstić information content (AvgIpc) is 2.46. The number of piperazine rings is 1. The maximum atomic E-state index is 12.7. The molecular weight excluding hydrogens is 268 g/mol. The van der Waals surface area contributed by atoms with E-state index in [0.29, 0.717) is 38.6 Å². The monoisotopic (exact) mass is 296 g/mol. The van der Waals surface area contributed by atoms with E-state index in [9.17, 15) is 9.59 Å². The van der Waals surface area contributed by atoms with Crippen molar-refractivity contribution in [3.63, 3.8) is 0 Å². The van der Waals surface area contributed by atoms with E-state index in [1.807, 2.05) is 11.8 Å². The van der Waals surface area contributed by atoms with Crippen LogP contribution in [0.15, 0.2) is 0 Å². The lowest BCUT2D eigenvalue weighted by atomic mass is 9.76. The Morgan fingerprint density at radius 1 is 1.24 bits per heavy atom. The highest BCUT2D eigenvalue weighted by Crippen LogP contribution is 2.32. The molecule has 3 amide bonds. The lowest BCUT2D eigenvalue weighted by Crippen LogP contribution is -2.61. The molecule has 1 heterocycles. The molecule has 0 aromatic rings. The second-order valence-electron chi connectivity index (χ2n) is 6.47. The Labute approximate surface area is 127 Å². The quantitative estimate of drug-likeness (QED) is 0.790. The third-order valence-corrected chi connectivity index (χ3v) is 4.64. The zero-order valence-electron chi connectivity index (χ0n) is 13.2. The number of nitrogens with one attached hydrogen (secondary N) is 1. The number of carbonyl (C=O) groups is 2. The molecule has 2 atom stereocenters. The fraction of sp³-hybridized carbons (Fsp3) is 0.867. The van der Waals surface area contributed by atoms with E-state index in [1.165, 1.54) is 0 Å². The molecule has 2 fully saturated rings. The molecule has 2 unspecified atom stereocenters. The minimum Gasteiger partial charge on any atom is -0.338 e. The highest BCUT2D eigenvalue weighted by molar-refractivity contribution is 5.86. The standard InChI is InChI=1S/C15H28N4O2/c1-3-17-14(21)19-9-7-18(8-10-19)13(20)15(16)6-4-5-12(2)11-15/h12H,3-11,16H2,1-2H3,(H,17,21). The van der Waals surface area contributed by atoms with Gasteiger partial charge in [-0.3, -0.25) is 4.79 Å². The first kappa shape index (κ1) is 16.1. The summed E-state index contributed by atoms with van der Waals surface area (Å²) in [6.07, 6.45) is 3.76. The molecule has 2 aliphatic rings. The van der Waals surface area contributed by atoms with E-state index in [4.69, 9.17) is 5.73 Å². The summed E-state index contributed by atoms with van der Waals surface area (Å²) in [5.41, 5.74) is 5.69. The molecule has 6 nitrogen and oxygen atoms in total. The van der Waals surface area contributed by atoms with Crippen molar-refractivity contribution in [3.05, 3.63) is 0 Å². The maximum Gasteiger partial charge on any atom is 0.317 e. The molecule has 0 spiro atoms. The molecular formula is C15H28N4O2. The topological polar surface area (TPSA) is 78.7 Å². The van der Waals surface area contributed by atoms with Crippen LogP contribution in [0.2, 0.25) is 0 Å². The summed E-state index contributed by atoms with van der Waals surface area (Å²) >= 11 is 0. The fourth-order valence-corrected chi connectivity index (χ4v) is 3.48. The summed E-state index contributed by atoms with van der Waals surface area (Å²) in [6.45, 7) is 7.04. The molecule has 21 heavy (non-hydrogen) atoms. The number of hydrogen-bond acceptors (Lipinski definition) is 3. The van der Waals surface area contributed by atoms with Gasteiger partial charge in [0.1, 0.15) is 0 Å². The Morgan fingerprint density at radius 2 is 1.86 bits per heavy atom. The van der Waals surface area contributed by atoms with Crippen molar-refractivity contribution in [1.82, 2.24) is 15.1 Å². The summed E-state index contributed by atoms with van der Waals surface area (Å²) < 4.78 is 0. The summed E-state index contributed by atoms with van der Waals surface area (Å²) in [4.78, 5) is 28.1. The lowest BCUT2D eigenvalue weighted by Gasteiger charge is -2.42. The first-order valence-corrected chi connectivity index (χ1v) is 8.07. The maximum absolute atomic E-state index is 12.7. The van der Waals surface area contributed by atoms with Crippen molar-refractivity contribution in [2.75, 3.05) is 32.7 Å². The number of hydrogen-bond donors (Lipinski definition) is 2. The summed E-state index contributed by atoms with van der Waals surface area (Å²) in [5.74, 6) is 0.592.